The van der Waals surface area contributed by atoms with Crippen LogP contribution in [0.1, 0.15) is 15.9 Å². The van der Waals surface area contributed by atoms with Gasteiger partial charge in [-0.3, -0.25) is 9.78 Å². The molecule has 146 valence electrons. The standard InChI is InChI=1S/C20H19N7O2/c1-29-11-10-23-20(28)16-17-19(26-15-5-3-2-4-14(15)25-17)27(18(16)21)24-12-13-6-8-22-9-7-13/h2-9,12H,10-11,21H2,1H3,(H,23,28). The molecule has 9 heteroatoms. The summed E-state index contributed by atoms with van der Waals surface area (Å²) in [4.78, 5) is 26.0. The number of hydrogen-bond donors (Lipinski definition) is 2. The van der Waals surface area contributed by atoms with Crippen LogP contribution in [-0.2, 0) is 4.74 Å². The van der Waals surface area contributed by atoms with Crippen molar-refractivity contribution in [1.29, 1.82) is 0 Å². The van der Waals surface area contributed by atoms with Gasteiger partial charge in [-0.2, -0.15) is 9.78 Å². The smallest absolute Gasteiger partial charge is 0.257 e. The molecule has 0 bridgehead atoms. The van der Waals surface area contributed by atoms with Gasteiger partial charge in [0, 0.05) is 26.0 Å². The molecule has 1 aromatic carbocycles. The molecular formula is C20H19N7O2. The van der Waals surface area contributed by atoms with Crippen LogP contribution in [-0.4, -0.2) is 52.0 Å². The molecule has 29 heavy (non-hydrogen) atoms. The number of hydrogen-bond acceptors (Lipinski definition) is 7. The average Bonchev–Trinajstić information content (AvgIpc) is 3.01. The second-order valence-corrected chi connectivity index (χ2v) is 6.23. The number of nitrogens with zero attached hydrogens (tertiary/aromatic N) is 5. The zero-order chi connectivity index (χ0) is 20.2. The fourth-order valence-electron chi connectivity index (χ4n) is 2.92. The number of ether oxygens (including phenoxy) is 1. The summed E-state index contributed by atoms with van der Waals surface area (Å²) < 4.78 is 6.42. The highest BCUT2D eigenvalue weighted by atomic mass is 16.5. The van der Waals surface area contributed by atoms with E-state index in [4.69, 9.17) is 10.5 Å². The molecule has 0 aliphatic rings. The second kappa shape index (κ2) is 8.03. The summed E-state index contributed by atoms with van der Waals surface area (Å²) in [5.41, 5.74) is 9.53. The zero-order valence-corrected chi connectivity index (χ0v) is 15.7. The van der Waals surface area contributed by atoms with Crippen LogP contribution in [0.25, 0.3) is 22.2 Å². The minimum absolute atomic E-state index is 0.163. The Labute approximate surface area is 166 Å². The average molecular weight is 389 g/mol. The number of methoxy groups -OCH3 is 1. The van der Waals surface area contributed by atoms with E-state index in [9.17, 15) is 4.79 Å². The van der Waals surface area contributed by atoms with Crippen LogP contribution in [0.5, 0.6) is 0 Å². The van der Waals surface area contributed by atoms with Gasteiger partial charge in [-0.05, 0) is 29.8 Å². The maximum Gasteiger partial charge on any atom is 0.257 e. The first kappa shape index (κ1) is 18.5. The Morgan fingerprint density at radius 2 is 1.93 bits per heavy atom. The Balaban J connectivity index is 1.87. The van der Waals surface area contributed by atoms with E-state index in [0.717, 1.165) is 5.56 Å². The number of nitrogens with one attached hydrogen (secondary N) is 1. The Kier molecular flexibility index (Phi) is 5.12. The van der Waals surface area contributed by atoms with Crippen molar-refractivity contribution < 1.29 is 9.53 Å². The molecule has 0 aliphatic heterocycles. The summed E-state index contributed by atoms with van der Waals surface area (Å²) in [6, 6.07) is 11.0. The van der Waals surface area contributed by atoms with Gasteiger partial charge < -0.3 is 15.8 Å². The van der Waals surface area contributed by atoms with Crippen LogP contribution in [0, 0.1) is 0 Å². The fraction of sp³-hybridized carbons (Fsp3) is 0.150. The highest BCUT2D eigenvalue weighted by Crippen LogP contribution is 2.27. The number of carbonyl (C=O) groups is 1. The summed E-state index contributed by atoms with van der Waals surface area (Å²) in [6.07, 6.45) is 4.96. The number of para-hydroxylation sites is 2. The molecule has 9 nitrogen and oxygen atoms in total. The molecule has 0 radical (unpaired) electrons. The third-order valence-corrected chi connectivity index (χ3v) is 4.32. The van der Waals surface area contributed by atoms with Crippen molar-refractivity contribution in [2.24, 2.45) is 5.10 Å². The summed E-state index contributed by atoms with van der Waals surface area (Å²) in [6.45, 7) is 0.738. The van der Waals surface area contributed by atoms with Gasteiger partial charge in [0.1, 0.15) is 16.9 Å². The maximum absolute atomic E-state index is 12.8. The highest BCUT2D eigenvalue weighted by Gasteiger charge is 2.23. The number of aromatic nitrogens is 4. The van der Waals surface area contributed by atoms with E-state index in [-0.39, 0.29) is 17.3 Å². The van der Waals surface area contributed by atoms with Gasteiger partial charge in [0.15, 0.2) is 5.65 Å². The molecular weight excluding hydrogens is 370 g/mol. The first-order chi connectivity index (χ1) is 14.2. The van der Waals surface area contributed by atoms with Crippen molar-refractivity contribution in [2.75, 3.05) is 26.0 Å². The molecule has 4 rings (SSSR count). The van der Waals surface area contributed by atoms with Gasteiger partial charge in [0.05, 0.1) is 23.9 Å². The van der Waals surface area contributed by atoms with Gasteiger partial charge in [-0.1, -0.05) is 12.1 Å². The molecule has 0 unspecified atom stereocenters. The minimum atomic E-state index is -0.355. The highest BCUT2D eigenvalue weighted by molar-refractivity contribution is 6.10. The van der Waals surface area contributed by atoms with E-state index in [1.165, 1.54) is 4.68 Å². The molecule has 1 amide bonds. The molecule has 0 fully saturated rings. The molecule has 0 spiro atoms. The normalized spacial score (nSPS) is 11.5. The summed E-state index contributed by atoms with van der Waals surface area (Å²) in [7, 11) is 1.57. The van der Waals surface area contributed by atoms with Crippen molar-refractivity contribution in [1.82, 2.24) is 24.9 Å². The van der Waals surface area contributed by atoms with E-state index in [0.29, 0.717) is 35.3 Å². The quantitative estimate of drug-likeness (QED) is 0.383. The molecule has 0 saturated heterocycles. The van der Waals surface area contributed by atoms with E-state index < -0.39 is 0 Å². The largest absolute Gasteiger partial charge is 0.383 e. The SMILES string of the molecule is COCCNC(=O)c1c(N)n(N=Cc2ccncc2)c2nc3ccccc3nc12. The lowest BCUT2D eigenvalue weighted by molar-refractivity contribution is 0.0939. The Morgan fingerprint density at radius 3 is 2.66 bits per heavy atom. The number of benzene rings is 1. The van der Waals surface area contributed by atoms with Crippen LogP contribution in [0.3, 0.4) is 0 Å². The van der Waals surface area contributed by atoms with Gasteiger partial charge >= 0.3 is 0 Å². The third-order valence-electron chi connectivity index (χ3n) is 4.32. The first-order valence-electron chi connectivity index (χ1n) is 8.97. The van der Waals surface area contributed by atoms with Crippen molar-refractivity contribution in [2.45, 2.75) is 0 Å². The van der Waals surface area contributed by atoms with Crippen LogP contribution in [0.4, 0.5) is 5.82 Å². The van der Waals surface area contributed by atoms with E-state index in [2.05, 4.69) is 25.4 Å². The zero-order valence-electron chi connectivity index (χ0n) is 15.7. The number of nitrogens with two attached hydrogens (primary N) is 1. The maximum atomic E-state index is 12.8. The van der Waals surface area contributed by atoms with Crippen molar-refractivity contribution >= 4 is 40.1 Å². The second-order valence-electron chi connectivity index (χ2n) is 6.23. The molecule has 3 N–H and O–H groups in total. The van der Waals surface area contributed by atoms with Crippen LogP contribution in [0.15, 0.2) is 53.9 Å². The van der Waals surface area contributed by atoms with Gasteiger partial charge in [-0.15, -0.1) is 0 Å². The van der Waals surface area contributed by atoms with Gasteiger partial charge in [0.2, 0.25) is 0 Å². The number of rotatable bonds is 6. The molecule has 4 aromatic rings. The van der Waals surface area contributed by atoms with Gasteiger partial charge in [-0.25, -0.2) is 9.97 Å². The van der Waals surface area contributed by atoms with E-state index >= 15 is 0 Å². The first-order valence-corrected chi connectivity index (χ1v) is 8.97. The predicted molar refractivity (Wildman–Crippen MR) is 111 cm³/mol. The number of pyridine rings is 1. The Bertz CT molecular complexity index is 1200. The lowest BCUT2D eigenvalue weighted by Gasteiger charge is -2.04. The molecule has 0 atom stereocenters. The fourth-order valence-corrected chi connectivity index (χ4v) is 2.92. The molecule has 3 aromatic heterocycles. The number of fused-ring (bicyclic) bond motifs is 2. The van der Waals surface area contributed by atoms with E-state index in [1.807, 2.05) is 36.4 Å². The molecule has 3 heterocycles. The minimum Gasteiger partial charge on any atom is -0.383 e. The van der Waals surface area contributed by atoms with Crippen LogP contribution in [0.2, 0.25) is 0 Å². The number of anilines is 1. The molecule has 0 aliphatic carbocycles. The summed E-state index contributed by atoms with van der Waals surface area (Å²) >= 11 is 0. The lowest BCUT2D eigenvalue weighted by atomic mass is 10.2. The predicted octanol–water partition coefficient (Wildman–Crippen LogP) is 1.82. The number of amides is 1. The summed E-state index contributed by atoms with van der Waals surface area (Å²) in [5.74, 6) is -0.192. The molecule has 0 saturated carbocycles. The number of carbonyl (C=O) groups excluding carboxylic acids is 1. The lowest BCUT2D eigenvalue weighted by Crippen LogP contribution is -2.27. The monoisotopic (exact) mass is 389 g/mol. The van der Waals surface area contributed by atoms with E-state index in [1.54, 1.807) is 25.7 Å². The summed E-state index contributed by atoms with van der Waals surface area (Å²) in [5, 5.41) is 7.23. The Morgan fingerprint density at radius 1 is 1.21 bits per heavy atom. The topological polar surface area (TPSA) is 120 Å². The van der Waals surface area contributed by atoms with Crippen LogP contribution < -0.4 is 11.1 Å². The van der Waals surface area contributed by atoms with Crippen LogP contribution >= 0.6 is 0 Å². The number of nitrogen functional groups attached to an aromatic ring is 1. The third kappa shape index (κ3) is 3.63. The van der Waals surface area contributed by atoms with Crippen molar-refractivity contribution in [3.63, 3.8) is 0 Å². The van der Waals surface area contributed by atoms with Crippen molar-refractivity contribution in [3.05, 3.63) is 59.9 Å². The van der Waals surface area contributed by atoms with Gasteiger partial charge in [0.25, 0.3) is 5.91 Å². The van der Waals surface area contributed by atoms with Crippen molar-refractivity contribution in [3.8, 4) is 0 Å². The Hall–Kier alpha value is -3.85.